The molecule has 2 N–H and O–H groups in total. The van der Waals surface area contributed by atoms with Gasteiger partial charge in [0.25, 0.3) is 0 Å². The van der Waals surface area contributed by atoms with E-state index >= 15 is 0 Å². The molecule has 36 heavy (non-hydrogen) atoms. The molecule has 0 saturated heterocycles. The fraction of sp³-hybridized carbons (Fsp3) is 0.258. The lowest BCUT2D eigenvalue weighted by Crippen LogP contribution is -3.00. The van der Waals surface area contributed by atoms with Crippen LogP contribution in [0, 0.1) is 0 Å². The molecule has 0 unspecified atom stereocenters. The number of aromatic hydroxyl groups is 1. The largest absolute Gasteiger partial charge is 1.00 e. The van der Waals surface area contributed by atoms with Gasteiger partial charge in [0.1, 0.15) is 5.75 Å². The highest BCUT2D eigenvalue weighted by molar-refractivity contribution is 5.48. The average molecular weight is 547 g/mol. The third-order valence-corrected chi connectivity index (χ3v) is 6.32. The van der Waals surface area contributed by atoms with Gasteiger partial charge in [0.15, 0.2) is 18.9 Å². The predicted molar refractivity (Wildman–Crippen MR) is 145 cm³/mol. The van der Waals surface area contributed by atoms with Gasteiger partial charge in [-0.2, -0.15) is 0 Å². The van der Waals surface area contributed by atoms with Gasteiger partial charge < -0.3 is 32.3 Å². The second-order valence-electron chi connectivity index (χ2n) is 9.37. The third kappa shape index (κ3) is 8.42. The van der Waals surface area contributed by atoms with Crippen LogP contribution in [-0.2, 0) is 25.9 Å². The number of aryl methyl sites for hydroxylation is 2. The summed E-state index contributed by atoms with van der Waals surface area (Å²) in [4.78, 5) is 2.12. The normalized spacial score (nSPS) is 10.5. The molecule has 0 amide bonds. The van der Waals surface area contributed by atoms with Crippen molar-refractivity contribution < 1.29 is 26.7 Å². The number of rotatable bonds is 11. The highest BCUT2D eigenvalue weighted by Gasteiger charge is 2.05. The van der Waals surface area contributed by atoms with Crippen molar-refractivity contribution in [2.24, 2.45) is 0 Å². The molecule has 0 radical (unpaired) electrons. The topological polar surface area (TPSA) is 39.4 Å². The minimum atomic E-state index is 0. The molecular formula is C31H36BrN3O. The van der Waals surface area contributed by atoms with Crippen LogP contribution >= 0.6 is 0 Å². The lowest BCUT2D eigenvalue weighted by atomic mass is 10.0. The number of pyridine rings is 1. The maximum atomic E-state index is 9.57. The molecule has 0 bridgehead atoms. The van der Waals surface area contributed by atoms with Gasteiger partial charge in [0, 0.05) is 55.8 Å². The number of hydrogen-bond acceptors (Lipinski definition) is 3. The zero-order valence-electron chi connectivity index (χ0n) is 21.2. The van der Waals surface area contributed by atoms with Crippen LogP contribution < -0.4 is 31.8 Å². The number of aromatic nitrogens is 1. The fourth-order valence-corrected chi connectivity index (χ4v) is 4.18. The molecule has 188 valence electrons. The molecule has 0 spiro atoms. The Hall–Kier alpha value is -3.31. The molecule has 4 aromatic rings. The quantitative estimate of drug-likeness (QED) is 0.225. The summed E-state index contributed by atoms with van der Waals surface area (Å²) in [5.41, 5.74) is 7.52. The fourth-order valence-electron chi connectivity index (χ4n) is 4.18. The van der Waals surface area contributed by atoms with Crippen molar-refractivity contribution in [2.75, 3.05) is 24.3 Å². The Morgan fingerprint density at radius 3 is 1.83 bits per heavy atom. The SMILES string of the molecule is CN(C)c1cc[n+](Cc2ccc(CCCCc3ccc(CNc4cccc(O)c4)cc3)cc2)cc1.[Br-]. The van der Waals surface area contributed by atoms with Crippen LogP contribution in [0.1, 0.15) is 35.1 Å². The van der Waals surface area contributed by atoms with Crippen molar-refractivity contribution in [3.8, 4) is 5.75 Å². The average Bonchev–Trinajstić information content (AvgIpc) is 2.87. The van der Waals surface area contributed by atoms with Gasteiger partial charge in [-0.15, -0.1) is 0 Å². The van der Waals surface area contributed by atoms with E-state index < -0.39 is 0 Å². The molecular weight excluding hydrogens is 510 g/mol. The van der Waals surface area contributed by atoms with E-state index in [9.17, 15) is 5.11 Å². The molecule has 0 aliphatic carbocycles. The molecule has 4 nitrogen and oxygen atoms in total. The number of hydrogen-bond donors (Lipinski definition) is 2. The minimum Gasteiger partial charge on any atom is -1.00 e. The molecule has 1 heterocycles. The van der Waals surface area contributed by atoms with Gasteiger partial charge >= 0.3 is 0 Å². The van der Waals surface area contributed by atoms with Gasteiger partial charge in [0.2, 0.25) is 0 Å². The summed E-state index contributed by atoms with van der Waals surface area (Å²) in [6.45, 7) is 1.65. The van der Waals surface area contributed by atoms with Crippen LogP contribution in [0.25, 0.3) is 0 Å². The lowest BCUT2D eigenvalue weighted by Gasteiger charge is -2.10. The van der Waals surface area contributed by atoms with Gasteiger partial charge in [-0.25, -0.2) is 4.57 Å². The van der Waals surface area contributed by atoms with Gasteiger partial charge in [-0.1, -0.05) is 54.6 Å². The number of halogens is 1. The summed E-state index contributed by atoms with van der Waals surface area (Å²) < 4.78 is 2.22. The second-order valence-corrected chi connectivity index (χ2v) is 9.37. The number of nitrogens with zero attached hydrogens (tertiary/aromatic N) is 2. The Kier molecular flexibility index (Phi) is 10.4. The van der Waals surface area contributed by atoms with Gasteiger partial charge in [0.05, 0.1) is 0 Å². The van der Waals surface area contributed by atoms with Crippen LogP contribution in [0.15, 0.2) is 97.3 Å². The zero-order valence-corrected chi connectivity index (χ0v) is 22.8. The second kappa shape index (κ2) is 13.7. The molecule has 0 fully saturated rings. The Morgan fingerprint density at radius 1 is 0.722 bits per heavy atom. The Bertz CT molecular complexity index is 1190. The summed E-state index contributed by atoms with van der Waals surface area (Å²) in [5, 5.41) is 12.9. The third-order valence-electron chi connectivity index (χ3n) is 6.32. The van der Waals surface area contributed by atoms with Crippen molar-refractivity contribution in [1.29, 1.82) is 0 Å². The minimum absolute atomic E-state index is 0. The molecule has 1 aromatic heterocycles. The van der Waals surface area contributed by atoms with Crippen LogP contribution in [0.2, 0.25) is 0 Å². The van der Waals surface area contributed by atoms with Crippen molar-refractivity contribution >= 4 is 11.4 Å². The van der Waals surface area contributed by atoms with E-state index in [1.54, 1.807) is 12.1 Å². The highest BCUT2D eigenvalue weighted by atomic mass is 79.9. The van der Waals surface area contributed by atoms with Crippen molar-refractivity contribution in [3.63, 3.8) is 0 Å². The molecule has 3 aromatic carbocycles. The monoisotopic (exact) mass is 545 g/mol. The van der Waals surface area contributed by atoms with E-state index in [-0.39, 0.29) is 22.7 Å². The maximum absolute atomic E-state index is 9.57. The van der Waals surface area contributed by atoms with E-state index in [0.717, 1.165) is 31.6 Å². The number of benzene rings is 3. The first-order chi connectivity index (χ1) is 17.0. The van der Waals surface area contributed by atoms with Crippen molar-refractivity contribution in [2.45, 2.75) is 38.8 Å². The van der Waals surface area contributed by atoms with Crippen LogP contribution in [0.5, 0.6) is 5.75 Å². The molecule has 0 atom stereocenters. The van der Waals surface area contributed by atoms with Crippen LogP contribution in [-0.4, -0.2) is 19.2 Å². The summed E-state index contributed by atoms with van der Waals surface area (Å²) in [5.74, 6) is 0.284. The van der Waals surface area contributed by atoms with E-state index in [4.69, 9.17) is 0 Å². The number of nitrogens with one attached hydrogen (secondary N) is 1. The maximum Gasteiger partial charge on any atom is 0.173 e. The van der Waals surface area contributed by atoms with E-state index in [1.165, 1.54) is 40.8 Å². The number of phenolic OH excluding ortho intramolecular Hbond substituents is 1. The molecule has 5 heteroatoms. The molecule has 4 rings (SSSR count). The predicted octanol–water partition coefficient (Wildman–Crippen LogP) is 2.98. The molecule has 0 saturated carbocycles. The summed E-state index contributed by atoms with van der Waals surface area (Å²) in [7, 11) is 4.13. The first kappa shape index (κ1) is 27.3. The zero-order chi connectivity index (χ0) is 24.5. The summed E-state index contributed by atoms with van der Waals surface area (Å²) in [6.07, 6.45) is 8.90. The summed E-state index contributed by atoms with van der Waals surface area (Å²) in [6, 6.07) is 29.4. The number of phenols is 1. The van der Waals surface area contributed by atoms with Crippen LogP contribution in [0.4, 0.5) is 11.4 Å². The van der Waals surface area contributed by atoms with Crippen molar-refractivity contribution in [3.05, 3.63) is 120 Å². The standard InChI is InChI=1S/C31H35N3O.BrH/c1-33(2)30-18-20-34(21-19-30)24-28-16-12-26(13-17-28)7-4-3-6-25-10-14-27(15-11-25)23-32-29-8-5-9-31(35)22-29;/h5,8-22,32H,3-4,6-7,23-24H2,1-2H3;1H. The number of unbranched alkanes of at least 4 members (excludes halogenated alkanes) is 1. The van der Waals surface area contributed by atoms with Crippen molar-refractivity contribution in [1.82, 2.24) is 0 Å². The molecule has 0 aliphatic heterocycles. The lowest BCUT2D eigenvalue weighted by molar-refractivity contribution is -0.688. The van der Waals surface area contributed by atoms with E-state index in [0.29, 0.717) is 0 Å². The first-order valence-electron chi connectivity index (χ1n) is 12.4. The Morgan fingerprint density at radius 2 is 1.28 bits per heavy atom. The molecule has 0 aliphatic rings. The highest BCUT2D eigenvalue weighted by Crippen LogP contribution is 2.17. The van der Waals surface area contributed by atoms with E-state index in [2.05, 4.69) is 102 Å². The number of anilines is 2. The Balaban J connectivity index is 0.00000361. The van der Waals surface area contributed by atoms with Gasteiger partial charge in [-0.3, -0.25) is 0 Å². The van der Waals surface area contributed by atoms with Crippen LogP contribution in [0.3, 0.4) is 0 Å². The van der Waals surface area contributed by atoms with E-state index in [1.807, 2.05) is 12.1 Å². The first-order valence-corrected chi connectivity index (χ1v) is 12.4. The smallest absolute Gasteiger partial charge is 0.173 e. The van der Waals surface area contributed by atoms with Gasteiger partial charge in [-0.05, 0) is 54.5 Å². The Labute approximate surface area is 226 Å². The summed E-state index contributed by atoms with van der Waals surface area (Å²) >= 11 is 0.